The van der Waals surface area contributed by atoms with E-state index in [-0.39, 0.29) is 0 Å². The highest BCUT2D eigenvalue weighted by Crippen LogP contribution is 2.38. The third kappa shape index (κ3) is 3.01. The second kappa shape index (κ2) is 5.13. The Morgan fingerprint density at radius 2 is 2.21 bits per heavy atom. The molecule has 0 spiro atoms. The van der Waals surface area contributed by atoms with E-state index in [9.17, 15) is 0 Å². The molecule has 2 heterocycles. The van der Waals surface area contributed by atoms with E-state index >= 15 is 0 Å². The Morgan fingerprint density at radius 3 is 2.95 bits per heavy atom. The van der Waals surface area contributed by atoms with Gasteiger partial charge in [-0.25, -0.2) is 9.97 Å². The molecule has 1 aliphatic carbocycles. The number of halogens is 1. The van der Waals surface area contributed by atoms with Crippen molar-refractivity contribution in [2.24, 2.45) is 0 Å². The standard InChI is InChI=1S/C14H15ClN4/c1-9-4-5-16-7-11(9)8-17-13-6-12(15)18-14(19-13)10-2-3-10/h4-7,10H,2-3,8H2,1H3,(H,17,18,19). The molecule has 0 atom stereocenters. The lowest BCUT2D eigenvalue weighted by Crippen LogP contribution is -2.05. The third-order valence-corrected chi connectivity index (χ3v) is 3.46. The molecule has 0 aliphatic heterocycles. The average molecular weight is 275 g/mol. The molecule has 0 amide bonds. The lowest BCUT2D eigenvalue weighted by Gasteiger charge is -2.09. The highest BCUT2D eigenvalue weighted by molar-refractivity contribution is 6.29. The molecule has 19 heavy (non-hydrogen) atoms. The second-order valence-electron chi connectivity index (χ2n) is 4.86. The van der Waals surface area contributed by atoms with E-state index in [1.165, 1.54) is 18.4 Å². The first kappa shape index (κ1) is 12.4. The third-order valence-electron chi connectivity index (χ3n) is 3.26. The van der Waals surface area contributed by atoms with Crippen LogP contribution in [0, 0.1) is 6.92 Å². The van der Waals surface area contributed by atoms with Gasteiger partial charge in [0.25, 0.3) is 0 Å². The molecule has 3 rings (SSSR count). The van der Waals surface area contributed by atoms with E-state index in [0.717, 1.165) is 17.2 Å². The fraction of sp³-hybridized carbons (Fsp3) is 0.357. The van der Waals surface area contributed by atoms with Crippen LogP contribution in [0.15, 0.2) is 24.5 Å². The van der Waals surface area contributed by atoms with Gasteiger partial charge >= 0.3 is 0 Å². The Labute approximate surface area is 117 Å². The first-order valence-electron chi connectivity index (χ1n) is 6.40. The lowest BCUT2D eigenvalue weighted by molar-refractivity contribution is 0.919. The Hall–Kier alpha value is -1.68. The monoisotopic (exact) mass is 274 g/mol. The first-order chi connectivity index (χ1) is 9.22. The van der Waals surface area contributed by atoms with Crippen LogP contribution in [0.4, 0.5) is 5.82 Å². The summed E-state index contributed by atoms with van der Waals surface area (Å²) >= 11 is 6.03. The van der Waals surface area contributed by atoms with Gasteiger partial charge in [-0.1, -0.05) is 11.6 Å². The van der Waals surface area contributed by atoms with Crippen LogP contribution >= 0.6 is 11.6 Å². The van der Waals surface area contributed by atoms with Crippen molar-refractivity contribution in [1.29, 1.82) is 0 Å². The van der Waals surface area contributed by atoms with Crippen LogP contribution in [0.3, 0.4) is 0 Å². The minimum Gasteiger partial charge on any atom is -0.366 e. The summed E-state index contributed by atoms with van der Waals surface area (Å²) in [5.74, 6) is 2.14. The normalized spacial score (nSPS) is 14.4. The predicted molar refractivity (Wildman–Crippen MR) is 75.3 cm³/mol. The number of rotatable bonds is 4. The van der Waals surface area contributed by atoms with Crippen molar-refractivity contribution in [2.45, 2.75) is 32.2 Å². The van der Waals surface area contributed by atoms with Crippen LogP contribution in [0.5, 0.6) is 0 Å². The van der Waals surface area contributed by atoms with Crippen molar-refractivity contribution in [2.75, 3.05) is 5.32 Å². The van der Waals surface area contributed by atoms with Crippen LogP contribution in [-0.4, -0.2) is 15.0 Å². The average Bonchev–Trinajstić information content (AvgIpc) is 3.21. The van der Waals surface area contributed by atoms with Crippen molar-refractivity contribution in [3.8, 4) is 0 Å². The highest BCUT2D eigenvalue weighted by atomic mass is 35.5. The molecule has 98 valence electrons. The smallest absolute Gasteiger partial charge is 0.135 e. The van der Waals surface area contributed by atoms with Gasteiger partial charge in [0.2, 0.25) is 0 Å². The van der Waals surface area contributed by atoms with Gasteiger partial charge in [0.15, 0.2) is 0 Å². The first-order valence-corrected chi connectivity index (χ1v) is 6.78. The quantitative estimate of drug-likeness (QED) is 0.869. The number of aromatic nitrogens is 3. The summed E-state index contributed by atoms with van der Waals surface area (Å²) in [7, 11) is 0. The summed E-state index contributed by atoms with van der Waals surface area (Å²) < 4.78 is 0. The van der Waals surface area contributed by atoms with E-state index in [2.05, 4.69) is 27.2 Å². The lowest BCUT2D eigenvalue weighted by atomic mass is 10.1. The van der Waals surface area contributed by atoms with Crippen LogP contribution in [0.1, 0.15) is 35.7 Å². The van der Waals surface area contributed by atoms with E-state index < -0.39 is 0 Å². The molecule has 1 aliphatic rings. The van der Waals surface area contributed by atoms with E-state index in [4.69, 9.17) is 11.6 Å². The summed E-state index contributed by atoms with van der Waals surface area (Å²) in [6.45, 7) is 2.76. The fourth-order valence-corrected chi connectivity index (χ4v) is 2.11. The van der Waals surface area contributed by atoms with Gasteiger partial charge in [-0.3, -0.25) is 4.98 Å². The van der Waals surface area contributed by atoms with Gasteiger partial charge < -0.3 is 5.32 Å². The molecule has 2 aromatic rings. The van der Waals surface area contributed by atoms with Crippen molar-refractivity contribution in [3.63, 3.8) is 0 Å². The maximum absolute atomic E-state index is 6.03. The topological polar surface area (TPSA) is 50.7 Å². The Morgan fingerprint density at radius 1 is 1.37 bits per heavy atom. The van der Waals surface area contributed by atoms with Crippen molar-refractivity contribution < 1.29 is 0 Å². The molecule has 1 N–H and O–H groups in total. The molecule has 0 bridgehead atoms. The maximum Gasteiger partial charge on any atom is 0.135 e. The summed E-state index contributed by atoms with van der Waals surface area (Å²) in [6, 6.07) is 3.76. The van der Waals surface area contributed by atoms with Crippen molar-refractivity contribution >= 4 is 17.4 Å². The molecule has 0 saturated heterocycles. The fourth-order valence-electron chi connectivity index (χ4n) is 1.92. The van der Waals surface area contributed by atoms with Gasteiger partial charge in [-0.05, 0) is 37.0 Å². The van der Waals surface area contributed by atoms with Crippen LogP contribution in [0.2, 0.25) is 5.15 Å². The zero-order valence-electron chi connectivity index (χ0n) is 10.7. The Balaban J connectivity index is 1.74. The largest absolute Gasteiger partial charge is 0.366 e. The molecule has 5 heteroatoms. The summed E-state index contributed by atoms with van der Waals surface area (Å²) in [5, 5.41) is 3.79. The zero-order valence-corrected chi connectivity index (χ0v) is 11.5. The molecule has 0 unspecified atom stereocenters. The molecule has 1 fully saturated rings. The molecule has 2 aromatic heterocycles. The summed E-state index contributed by atoms with van der Waals surface area (Å²) in [6.07, 6.45) is 6.00. The number of nitrogens with zero attached hydrogens (tertiary/aromatic N) is 3. The molecule has 0 aromatic carbocycles. The number of hydrogen-bond acceptors (Lipinski definition) is 4. The van der Waals surface area contributed by atoms with Crippen LogP contribution < -0.4 is 5.32 Å². The van der Waals surface area contributed by atoms with E-state index in [1.54, 1.807) is 12.3 Å². The molecule has 0 radical (unpaired) electrons. The second-order valence-corrected chi connectivity index (χ2v) is 5.25. The van der Waals surface area contributed by atoms with E-state index in [0.29, 0.717) is 17.6 Å². The minimum atomic E-state index is 0.499. The SMILES string of the molecule is Cc1ccncc1CNc1cc(Cl)nc(C2CC2)n1. The molecular formula is C14H15ClN4. The molecule has 1 saturated carbocycles. The maximum atomic E-state index is 6.03. The number of pyridine rings is 1. The number of hydrogen-bond donors (Lipinski definition) is 1. The summed E-state index contributed by atoms with van der Waals surface area (Å²) in [4.78, 5) is 12.9. The van der Waals surface area contributed by atoms with Crippen LogP contribution in [0.25, 0.3) is 0 Å². The Kier molecular flexibility index (Phi) is 3.34. The predicted octanol–water partition coefficient (Wildman–Crippen LogP) is 3.32. The minimum absolute atomic E-state index is 0.499. The van der Waals surface area contributed by atoms with Crippen LogP contribution in [-0.2, 0) is 6.54 Å². The summed E-state index contributed by atoms with van der Waals surface area (Å²) in [5.41, 5.74) is 2.37. The number of nitrogens with one attached hydrogen (secondary N) is 1. The van der Waals surface area contributed by atoms with E-state index in [1.807, 2.05) is 12.3 Å². The Bertz CT molecular complexity index is 596. The number of aryl methyl sites for hydroxylation is 1. The molecule has 4 nitrogen and oxygen atoms in total. The van der Waals surface area contributed by atoms with Gasteiger partial charge in [0.05, 0.1) is 0 Å². The van der Waals surface area contributed by atoms with Gasteiger partial charge in [-0.15, -0.1) is 0 Å². The van der Waals surface area contributed by atoms with Gasteiger partial charge in [-0.2, -0.15) is 0 Å². The van der Waals surface area contributed by atoms with Gasteiger partial charge in [0.1, 0.15) is 16.8 Å². The van der Waals surface area contributed by atoms with Crippen molar-refractivity contribution in [3.05, 3.63) is 46.6 Å². The van der Waals surface area contributed by atoms with Crippen molar-refractivity contribution in [1.82, 2.24) is 15.0 Å². The van der Waals surface area contributed by atoms with Gasteiger partial charge in [0, 0.05) is 30.9 Å². The highest BCUT2D eigenvalue weighted by Gasteiger charge is 2.27. The zero-order chi connectivity index (χ0) is 13.2. The molecular weight excluding hydrogens is 260 g/mol. The number of anilines is 1.